The summed E-state index contributed by atoms with van der Waals surface area (Å²) in [5, 5.41) is 17.2. The van der Waals surface area contributed by atoms with E-state index in [-0.39, 0.29) is 42.4 Å². The van der Waals surface area contributed by atoms with Gasteiger partial charge >= 0.3 is 0 Å². The zero-order valence-electron chi connectivity index (χ0n) is 21.7. The number of benzene rings is 1. The summed E-state index contributed by atoms with van der Waals surface area (Å²) < 4.78 is 2.05. The zero-order valence-corrected chi connectivity index (χ0v) is 23.3. The number of ketones is 1. The maximum Gasteiger partial charge on any atom is 0.248 e. The fraction of sp³-hybridized carbons (Fsp3) is 0.333. The molecule has 2 N–H and O–H groups in total. The van der Waals surface area contributed by atoms with Gasteiger partial charge in [-0.1, -0.05) is 0 Å². The third-order valence-electron chi connectivity index (χ3n) is 7.43. The van der Waals surface area contributed by atoms with Crippen molar-refractivity contribution in [3.8, 4) is 11.1 Å². The number of carbonyl (C=O) groups excluding carboxylic acids is 3. The van der Waals surface area contributed by atoms with Gasteiger partial charge in [0.1, 0.15) is 29.5 Å². The number of nitrogens with one attached hydrogen (secondary N) is 1. The molecule has 0 unspecified atom stereocenters. The molecule has 204 valence electrons. The molecule has 0 spiro atoms. The Balaban J connectivity index is 1.29. The van der Waals surface area contributed by atoms with Gasteiger partial charge in [-0.25, -0.2) is 15.0 Å². The van der Waals surface area contributed by atoms with Crippen molar-refractivity contribution in [3.63, 3.8) is 0 Å². The lowest BCUT2D eigenvalue weighted by Crippen LogP contribution is -2.47. The van der Waals surface area contributed by atoms with Gasteiger partial charge in [-0.05, 0) is 64.4 Å². The first-order valence-corrected chi connectivity index (χ1v) is 13.5. The molecule has 40 heavy (non-hydrogen) atoms. The normalized spacial score (nSPS) is 19.5. The Bertz CT molecular complexity index is 1670. The van der Waals surface area contributed by atoms with Crippen molar-refractivity contribution in [2.24, 2.45) is 11.8 Å². The molecule has 2 amide bonds. The SMILES string of the molecule is CC(=O)c1nn(CC(=O)N2C[C@H]3C[C@H]3[C@H]2C(=O)Nc2cncc(Br)n2)c2c(C)cc(-c3cnc(CO)nc3)cc12. The number of aryl methyl sites for hydroxylation is 1. The molecule has 1 saturated carbocycles. The number of hydrogen-bond acceptors (Lipinski definition) is 9. The van der Waals surface area contributed by atoms with Gasteiger partial charge in [0.25, 0.3) is 0 Å². The average Bonchev–Trinajstić information content (AvgIpc) is 3.42. The average molecular weight is 605 g/mol. The van der Waals surface area contributed by atoms with Crippen LogP contribution in [-0.4, -0.2) is 69.9 Å². The minimum absolute atomic E-state index is 0.106. The molecule has 2 fully saturated rings. The molecule has 3 aromatic heterocycles. The number of likely N-dealkylation sites (tertiary alicyclic amines) is 1. The Labute approximate surface area is 237 Å². The number of fused-ring (bicyclic) bond motifs is 2. The quantitative estimate of drug-likeness (QED) is 0.302. The van der Waals surface area contributed by atoms with E-state index >= 15 is 0 Å². The molecular formula is C27H25BrN8O4. The number of aromatic nitrogens is 6. The first-order chi connectivity index (χ1) is 19.2. The molecule has 13 heteroatoms. The number of amides is 2. The van der Waals surface area contributed by atoms with E-state index in [1.165, 1.54) is 19.3 Å². The lowest BCUT2D eigenvalue weighted by Gasteiger charge is -2.26. The first kappa shape index (κ1) is 26.1. The highest BCUT2D eigenvalue weighted by Crippen LogP contribution is 2.50. The fourth-order valence-corrected chi connectivity index (χ4v) is 5.84. The smallest absolute Gasteiger partial charge is 0.248 e. The Hall–Kier alpha value is -4.10. The zero-order chi connectivity index (χ0) is 28.1. The van der Waals surface area contributed by atoms with Gasteiger partial charge in [-0.2, -0.15) is 5.10 Å². The van der Waals surface area contributed by atoms with Crippen LogP contribution in [0.3, 0.4) is 0 Å². The van der Waals surface area contributed by atoms with Gasteiger partial charge in [0.2, 0.25) is 11.8 Å². The summed E-state index contributed by atoms with van der Waals surface area (Å²) in [4.78, 5) is 57.5. The largest absolute Gasteiger partial charge is 0.388 e. The van der Waals surface area contributed by atoms with Crippen molar-refractivity contribution in [1.29, 1.82) is 0 Å². The summed E-state index contributed by atoms with van der Waals surface area (Å²) in [6.07, 6.45) is 7.11. The van der Waals surface area contributed by atoms with E-state index in [0.29, 0.717) is 39.6 Å². The van der Waals surface area contributed by atoms with Crippen molar-refractivity contribution in [2.75, 3.05) is 11.9 Å². The van der Waals surface area contributed by atoms with Crippen LogP contribution in [0.1, 0.15) is 35.2 Å². The Kier molecular flexibility index (Phi) is 6.62. The van der Waals surface area contributed by atoms with E-state index in [2.05, 4.69) is 46.3 Å². The van der Waals surface area contributed by atoms with Gasteiger partial charge in [0, 0.05) is 36.8 Å². The van der Waals surface area contributed by atoms with Crippen molar-refractivity contribution >= 4 is 50.2 Å². The van der Waals surface area contributed by atoms with Crippen molar-refractivity contribution in [3.05, 3.63) is 58.6 Å². The molecule has 4 heterocycles. The van der Waals surface area contributed by atoms with Crippen LogP contribution in [0.15, 0.2) is 41.5 Å². The Morgan fingerprint density at radius 1 is 1.12 bits per heavy atom. The predicted molar refractivity (Wildman–Crippen MR) is 147 cm³/mol. The van der Waals surface area contributed by atoms with E-state index in [0.717, 1.165) is 23.1 Å². The standard InChI is InChI=1S/C27H25BrN8O4/c1-13-3-15(17-6-30-22(12-37)31-7-17)4-19-24(14(2)38)34-36(25(13)19)11-23(39)35-10-16-5-18(16)26(35)27(40)33-21-9-29-8-20(28)32-21/h3-4,6-9,16,18,26,37H,5,10-12H2,1-2H3,(H,32,33,40)/t16-,18-,26+/m1/s1. The predicted octanol–water partition coefficient (Wildman–Crippen LogP) is 2.53. The van der Waals surface area contributed by atoms with Crippen LogP contribution in [0.5, 0.6) is 0 Å². The molecule has 0 radical (unpaired) electrons. The highest BCUT2D eigenvalue weighted by Gasteiger charge is 2.56. The van der Waals surface area contributed by atoms with Crippen molar-refractivity contribution < 1.29 is 19.5 Å². The van der Waals surface area contributed by atoms with E-state index in [4.69, 9.17) is 0 Å². The molecule has 0 bridgehead atoms. The molecule has 1 aromatic carbocycles. The number of rotatable bonds is 7. The van der Waals surface area contributed by atoms with E-state index in [1.54, 1.807) is 22.0 Å². The third-order valence-corrected chi connectivity index (χ3v) is 7.81. The lowest BCUT2D eigenvalue weighted by molar-refractivity contribution is -0.138. The minimum atomic E-state index is -0.609. The van der Waals surface area contributed by atoms with E-state index in [9.17, 15) is 19.5 Å². The Morgan fingerprint density at radius 2 is 1.90 bits per heavy atom. The van der Waals surface area contributed by atoms with Crippen LogP contribution in [0.25, 0.3) is 22.0 Å². The molecule has 1 aliphatic carbocycles. The van der Waals surface area contributed by atoms with Crippen LogP contribution in [-0.2, 0) is 22.7 Å². The maximum atomic E-state index is 13.6. The van der Waals surface area contributed by atoms with Crippen LogP contribution < -0.4 is 5.32 Å². The van der Waals surface area contributed by atoms with Crippen LogP contribution in [0.4, 0.5) is 5.82 Å². The highest BCUT2D eigenvalue weighted by molar-refractivity contribution is 9.10. The molecule has 2 aliphatic rings. The molecule has 4 aromatic rings. The van der Waals surface area contributed by atoms with Gasteiger partial charge in [0.05, 0.1) is 17.9 Å². The number of halogens is 1. The first-order valence-electron chi connectivity index (χ1n) is 12.8. The van der Waals surface area contributed by atoms with Gasteiger partial charge in [-0.3, -0.25) is 24.0 Å². The second-order valence-corrected chi connectivity index (χ2v) is 11.0. The molecule has 6 rings (SSSR count). The van der Waals surface area contributed by atoms with E-state index < -0.39 is 6.04 Å². The number of nitrogens with zero attached hydrogens (tertiary/aromatic N) is 7. The maximum absolute atomic E-state index is 13.6. The minimum Gasteiger partial charge on any atom is -0.388 e. The van der Waals surface area contributed by atoms with Gasteiger partial charge in [0.15, 0.2) is 17.4 Å². The molecule has 12 nitrogen and oxygen atoms in total. The molecular weight excluding hydrogens is 580 g/mol. The van der Waals surface area contributed by atoms with Crippen molar-refractivity contribution in [2.45, 2.75) is 39.5 Å². The third kappa shape index (κ3) is 4.75. The number of aliphatic hydroxyl groups is 1. The second-order valence-electron chi connectivity index (χ2n) is 10.2. The molecule has 1 aliphatic heterocycles. The molecule has 3 atom stereocenters. The number of Topliss-reactive ketones (excluding diaryl/α,β-unsaturated/α-hetero) is 1. The topological polar surface area (TPSA) is 156 Å². The van der Waals surface area contributed by atoms with Crippen molar-refractivity contribution in [1.82, 2.24) is 34.6 Å². The highest BCUT2D eigenvalue weighted by atomic mass is 79.9. The summed E-state index contributed by atoms with van der Waals surface area (Å²) in [6, 6.07) is 3.15. The monoisotopic (exact) mass is 604 g/mol. The number of carbonyl (C=O) groups is 3. The fourth-order valence-electron chi connectivity index (χ4n) is 5.53. The van der Waals surface area contributed by atoms with E-state index in [1.807, 2.05) is 19.1 Å². The van der Waals surface area contributed by atoms with Crippen LogP contribution in [0, 0.1) is 18.8 Å². The summed E-state index contributed by atoms with van der Waals surface area (Å²) in [5.74, 6) is 0.249. The second kappa shape index (κ2) is 10.1. The van der Waals surface area contributed by atoms with Crippen LogP contribution >= 0.6 is 15.9 Å². The number of anilines is 1. The number of piperidine rings is 1. The summed E-state index contributed by atoms with van der Waals surface area (Å²) >= 11 is 3.25. The Morgan fingerprint density at radius 3 is 2.60 bits per heavy atom. The number of hydrogen-bond donors (Lipinski definition) is 2. The summed E-state index contributed by atoms with van der Waals surface area (Å²) in [7, 11) is 0. The van der Waals surface area contributed by atoms with Gasteiger partial charge in [-0.15, -0.1) is 0 Å². The van der Waals surface area contributed by atoms with Crippen LogP contribution in [0.2, 0.25) is 0 Å². The molecule has 1 saturated heterocycles. The lowest BCUT2D eigenvalue weighted by atomic mass is 10.0. The number of aliphatic hydroxyl groups excluding tert-OH is 1. The van der Waals surface area contributed by atoms with Gasteiger partial charge < -0.3 is 15.3 Å². The summed E-state index contributed by atoms with van der Waals surface area (Å²) in [6.45, 7) is 3.46. The summed E-state index contributed by atoms with van der Waals surface area (Å²) in [5.41, 5.74) is 3.26.